The Bertz CT molecular complexity index is 1200. The fourth-order valence-electron chi connectivity index (χ4n) is 4.80. The summed E-state index contributed by atoms with van der Waals surface area (Å²) >= 11 is 10.5. The molecule has 168 valence electrons. The molecule has 3 N–H and O–H groups in total. The van der Waals surface area contributed by atoms with Crippen LogP contribution in [0, 0.1) is 23.4 Å². The van der Waals surface area contributed by atoms with Gasteiger partial charge in [0.05, 0.1) is 12.2 Å². The molecular weight excluding hydrogens is 482 g/mol. The number of carbonyl (C=O) groups is 1. The van der Waals surface area contributed by atoms with Crippen molar-refractivity contribution in [1.29, 1.82) is 0 Å². The van der Waals surface area contributed by atoms with E-state index in [1.807, 2.05) is 24.3 Å². The molecule has 1 aliphatic heterocycles. The summed E-state index contributed by atoms with van der Waals surface area (Å²) in [7, 11) is 0. The number of hydrogen-bond acceptors (Lipinski definition) is 5. The van der Waals surface area contributed by atoms with Crippen molar-refractivity contribution in [2.24, 2.45) is 0 Å². The van der Waals surface area contributed by atoms with Gasteiger partial charge in [-0.05, 0) is 62.5 Å². The SMILES string of the molecule is Cc1cccc(C)c1[N+]1(CCCNc2ccc(-n3c(=S)[nH][nH]c3=S)cc2)CC1CC(=O)[O-].[K+]. The third kappa shape index (κ3) is 5.76. The van der Waals surface area contributed by atoms with Crippen molar-refractivity contribution >= 4 is 41.8 Å². The number of carboxylic acid groups (broad SMARTS) is 1. The van der Waals surface area contributed by atoms with Crippen LogP contribution in [0.2, 0.25) is 0 Å². The van der Waals surface area contributed by atoms with Gasteiger partial charge in [0.2, 0.25) is 0 Å². The van der Waals surface area contributed by atoms with Gasteiger partial charge in [-0.15, -0.1) is 0 Å². The van der Waals surface area contributed by atoms with Crippen LogP contribution in [0.25, 0.3) is 5.69 Å². The zero-order valence-electron chi connectivity index (χ0n) is 19.2. The number of carbonyl (C=O) groups excluding carboxylic acids is 1. The number of aliphatic carboxylic acids is 1. The molecule has 1 aliphatic rings. The van der Waals surface area contributed by atoms with Crippen molar-refractivity contribution in [3.8, 4) is 5.69 Å². The van der Waals surface area contributed by atoms with E-state index in [2.05, 4.69) is 47.6 Å². The van der Waals surface area contributed by atoms with Gasteiger partial charge in [-0.2, -0.15) is 0 Å². The Morgan fingerprint density at radius 3 is 2.30 bits per heavy atom. The molecule has 3 aromatic rings. The first-order chi connectivity index (χ1) is 15.3. The van der Waals surface area contributed by atoms with Crippen LogP contribution >= 0.6 is 24.4 Å². The molecule has 10 heteroatoms. The minimum Gasteiger partial charge on any atom is -0.550 e. The molecule has 33 heavy (non-hydrogen) atoms. The number of benzene rings is 2. The summed E-state index contributed by atoms with van der Waals surface area (Å²) in [6, 6.07) is 14.3. The number of rotatable bonds is 9. The summed E-state index contributed by atoms with van der Waals surface area (Å²) in [6.07, 6.45) is 1.03. The number of H-pyrrole nitrogens is 2. The van der Waals surface area contributed by atoms with E-state index in [0.717, 1.165) is 41.9 Å². The Labute approximate surface area is 246 Å². The molecule has 0 spiro atoms. The maximum atomic E-state index is 11.3. The zero-order valence-corrected chi connectivity index (χ0v) is 23.9. The van der Waals surface area contributed by atoms with Gasteiger partial charge in [0.15, 0.2) is 9.54 Å². The van der Waals surface area contributed by atoms with Gasteiger partial charge in [0.25, 0.3) is 0 Å². The van der Waals surface area contributed by atoms with Gasteiger partial charge in [0, 0.05) is 42.2 Å². The quantitative estimate of drug-likeness (QED) is 0.129. The first-order valence-corrected chi connectivity index (χ1v) is 11.5. The van der Waals surface area contributed by atoms with Crippen LogP contribution in [0.4, 0.5) is 11.4 Å². The number of nitrogens with one attached hydrogen (secondary N) is 3. The summed E-state index contributed by atoms with van der Waals surface area (Å²) in [5.74, 6) is -0.971. The van der Waals surface area contributed by atoms with Gasteiger partial charge >= 0.3 is 51.4 Å². The molecule has 0 bridgehead atoms. The fraction of sp³-hybridized carbons (Fsp3) is 0.348. The van der Waals surface area contributed by atoms with Crippen molar-refractivity contribution in [2.75, 3.05) is 25.0 Å². The molecule has 0 aliphatic carbocycles. The number of hydrogen-bond donors (Lipinski definition) is 3. The second kappa shape index (κ2) is 11.1. The molecule has 2 heterocycles. The summed E-state index contributed by atoms with van der Waals surface area (Å²) in [5, 5.41) is 20.4. The van der Waals surface area contributed by atoms with Crippen molar-refractivity contribution in [3.63, 3.8) is 0 Å². The molecule has 1 saturated heterocycles. The number of carboxylic acids is 1. The number of aryl methyl sites for hydroxylation is 2. The van der Waals surface area contributed by atoms with Crippen LogP contribution in [-0.2, 0) is 4.79 Å². The predicted molar refractivity (Wildman–Crippen MR) is 130 cm³/mol. The minimum atomic E-state index is -0.971. The number of quaternary nitrogens is 1. The van der Waals surface area contributed by atoms with Crippen LogP contribution in [0.15, 0.2) is 42.5 Å². The Balaban J connectivity index is 0.00000306. The van der Waals surface area contributed by atoms with E-state index >= 15 is 0 Å². The summed E-state index contributed by atoms with van der Waals surface area (Å²) in [5.41, 5.74) is 5.62. The number of nitrogens with zero attached hydrogens (tertiary/aromatic N) is 2. The topological polar surface area (TPSA) is 88.7 Å². The molecule has 1 aromatic heterocycles. The Hall–Kier alpha value is -1.11. The summed E-state index contributed by atoms with van der Waals surface area (Å²) < 4.78 is 3.56. The molecule has 4 rings (SSSR count). The molecule has 0 radical (unpaired) electrons. The van der Waals surface area contributed by atoms with Crippen LogP contribution < -0.4 is 66.3 Å². The molecule has 2 atom stereocenters. The van der Waals surface area contributed by atoms with Gasteiger partial charge in [-0.1, -0.05) is 18.2 Å². The van der Waals surface area contributed by atoms with E-state index in [1.54, 1.807) is 4.57 Å². The first-order valence-electron chi connectivity index (χ1n) is 10.7. The number of aromatic amines is 2. The standard InChI is InChI=1S/C23H27N5O2S2.K/c1-15-5-3-6-16(2)21(15)28(14-19(28)13-20(29)30)12-4-11-24-17-7-9-18(10-8-17)27-22(31)25-26-23(27)32;/h3,5-10,19,24H,4,11-14H2,1-2H3,(H2-,25,26,29,30,31,32);/q;+1. The van der Waals surface area contributed by atoms with Crippen LogP contribution in [0.5, 0.6) is 0 Å². The molecule has 1 fully saturated rings. The maximum absolute atomic E-state index is 11.3. The minimum absolute atomic E-state index is 0. The average molecular weight is 509 g/mol. The second-order valence-corrected chi connectivity index (χ2v) is 9.21. The van der Waals surface area contributed by atoms with Gasteiger partial charge in [-0.25, -0.2) is 0 Å². The van der Waals surface area contributed by atoms with Crippen molar-refractivity contribution < 1.29 is 61.3 Å². The Morgan fingerprint density at radius 1 is 1.12 bits per heavy atom. The number of aromatic nitrogens is 3. The van der Waals surface area contributed by atoms with Crippen LogP contribution in [0.3, 0.4) is 0 Å². The van der Waals surface area contributed by atoms with Gasteiger partial charge in [0.1, 0.15) is 18.3 Å². The van der Waals surface area contributed by atoms with E-state index < -0.39 is 5.97 Å². The van der Waals surface area contributed by atoms with Crippen molar-refractivity contribution in [3.05, 3.63) is 63.1 Å². The largest absolute Gasteiger partial charge is 1.00 e. The first kappa shape index (κ1) is 26.5. The zero-order chi connectivity index (χ0) is 22.9. The molecule has 0 amide bonds. The van der Waals surface area contributed by atoms with E-state index in [9.17, 15) is 9.90 Å². The second-order valence-electron chi connectivity index (χ2n) is 8.43. The maximum Gasteiger partial charge on any atom is 1.00 e. The van der Waals surface area contributed by atoms with E-state index in [-0.39, 0.29) is 63.8 Å². The van der Waals surface area contributed by atoms with Crippen molar-refractivity contribution in [1.82, 2.24) is 19.2 Å². The number of anilines is 1. The summed E-state index contributed by atoms with van der Waals surface area (Å²) in [6.45, 7) is 6.76. The third-order valence-corrected chi connectivity index (χ3v) is 6.83. The normalized spacial score (nSPS) is 19.0. The average Bonchev–Trinajstić information content (AvgIpc) is 3.30. The Kier molecular flexibility index (Phi) is 8.90. The van der Waals surface area contributed by atoms with Gasteiger partial charge < -0.3 is 15.2 Å². The summed E-state index contributed by atoms with van der Waals surface area (Å²) in [4.78, 5) is 11.3. The molecular formula is C23H27KN5O2S2+. The molecule has 2 aromatic carbocycles. The van der Waals surface area contributed by atoms with Crippen molar-refractivity contribution in [2.45, 2.75) is 32.7 Å². The van der Waals surface area contributed by atoms with Crippen LogP contribution in [-0.4, -0.2) is 46.4 Å². The van der Waals surface area contributed by atoms with E-state index in [4.69, 9.17) is 24.4 Å². The smallest absolute Gasteiger partial charge is 0.550 e. The Morgan fingerprint density at radius 2 is 1.73 bits per heavy atom. The monoisotopic (exact) mass is 508 g/mol. The number of para-hydroxylation sites is 1. The van der Waals surface area contributed by atoms with E-state index in [1.165, 1.54) is 16.8 Å². The predicted octanol–water partition coefficient (Wildman–Crippen LogP) is 0.545. The van der Waals surface area contributed by atoms with Gasteiger partial charge in [-0.3, -0.25) is 19.2 Å². The third-order valence-electron chi connectivity index (χ3n) is 6.26. The van der Waals surface area contributed by atoms with Crippen LogP contribution in [0.1, 0.15) is 24.0 Å². The molecule has 0 saturated carbocycles. The van der Waals surface area contributed by atoms with E-state index in [0.29, 0.717) is 9.54 Å². The molecule has 2 unspecified atom stereocenters. The molecule has 7 nitrogen and oxygen atoms in total. The fourth-order valence-corrected chi connectivity index (χ4v) is 5.35.